The van der Waals surface area contributed by atoms with Gasteiger partial charge in [0, 0.05) is 24.1 Å². The summed E-state index contributed by atoms with van der Waals surface area (Å²) in [6.07, 6.45) is 1.06. The molecule has 2 aromatic carbocycles. The molecule has 7 heteroatoms. The van der Waals surface area contributed by atoms with E-state index in [1.165, 1.54) is 0 Å². The molecular formula is C21H22ClN3O3. The van der Waals surface area contributed by atoms with E-state index in [0.717, 1.165) is 22.4 Å². The number of carbonyl (C=O) groups excluding carboxylic acids is 1. The molecule has 0 aliphatic carbocycles. The minimum atomic E-state index is 0.0102. The van der Waals surface area contributed by atoms with E-state index < -0.39 is 0 Å². The lowest BCUT2D eigenvalue weighted by molar-refractivity contribution is -0.130. The summed E-state index contributed by atoms with van der Waals surface area (Å²) in [5.41, 5.74) is 2.92. The summed E-state index contributed by atoms with van der Waals surface area (Å²) in [6.45, 7) is 2.25. The van der Waals surface area contributed by atoms with Crippen molar-refractivity contribution in [3.63, 3.8) is 0 Å². The number of halogens is 1. The van der Waals surface area contributed by atoms with E-state index in [1.807, 2.05) is 37.3 Å². The van der Waals surface area contributed by atoms with Crippen LogP contribution < -0.4 is 4.74 Å². The Morgan fingerprint density at radius 3 is 2.79 bits per heavy atom. The molecule has 0 aliphatic rings. The number of aromatic nitrogens is 2. The first-order valence-corrected chi connectivity index (χ1v) is 9.30. The van der Waals surface area contributed by atoms with Gasteiger partial charge in [-0.15, -0.1) is 0 Å². The number of hydrogen-bond acceptors (Lipinski definition) is 5. The Kier molecular flexibility index (Phi) is 6.31. The smallest absolute Gasteiger partial charge is 0.246 e. The first-order chi connectivity index (χ1) is 13.5. The van der Waals surface area contributed by atoms with Crippen LogP contribution in [0.3, 0.4) is 0 Å². The highest BCUT2D eigenvalue weighted by Gasteiger charge is 2.15. The molecule has 3 rings (SSSR count). The first-order valence-electron chi connectivity index (χ1n) is 8.92. The van der Waals surface area contributed by atoms with Crippen LogP contribution in [0.5, 0.6) is 5.75 Å². The largest absolute Gasteiger partial charge is 0.496 e. The molecule has 0 bridgehead atoms. The second-order valence-corrected chi connectivity index (χ2v) is 7.01. The van der Waals surface area contributed by atoms with E-state index in [-0.39, 0.29) is 12.5 Å². The van der Waals surface area contributed by atoms with Crippen LogP contribution >= 0.6 is 11.6 Å². The van der Waals surface area contributed by atoms with Crippen LogP contribution in [0.2, 0.25) is 5.02 Å². The predicted molar refractivity (Wildman–Crippen MR) is 107 cm³/mol. The third kappa shape index (κ3) is 4.89. The molecule has 0 spiro atoms. The monoisotopic (exact) mass is 399 g/mol. The Morgan fingerprint density at radius 2 is 2.07 bits per heavy atom. The van der Waals surface area contributed by atoms with Crippen molar-refractivity contribution in [3.05, 3.63) is 64.5 Å². The summed E-state index contributed by atoms with van der Waals surface area (Å²) in [7, 11) is 3.38. The minimum absolute atomic E-state index is 0.0102. The van der Waals surface area contributed by atoms with E-state index in [1.54, 1.807) is 31.2 Å². The lowest BCUT2D eigenvalue weighted by Gasteiger charge is -2.15. The zero-order valence-electron chi connectivity index (χ0n) is 16.1. The average Bonchev–Trinajstić information content (AvgIpc) is 3.14. The van der Waals surface area contributed by atoms with Gasteiger partial charge in [-0.1, -0.05) is 41.0 Å². The number of ether oxygens (including phenoxy) is 1. The molecule has 0 fully saturated rings. The fourth-order valence-electron chi connectivity index (χ4n) is 2.89. The Morgan fingerprint density at radius 1 is 1.25 bits per heavy atom. The number of nitrogens with zero attached hydrogens (tertiary/aromatic N) is 3. The molecule has 0 aliphatic heterocycles. The number of rotatable bonds is 7. The highest BCUT2D eigenvalue weighted by molar-refractivity contribution is 6.30. The number of amides is 1. The standard InChI is InChI=1S/C21H22ClN3O3/c1-14-11-15(7-9-18(14)27-3)8-10-20(26)25(2)13-19-23-21(24-28-19)16-5-4-6-17(22)12-16/h4-7,9,11-12H,8,10,13H2,1-3H3. The summed E-state index contributed by atoms with van der Waals surface area (Å²) < 4.78 is 10.5. The van der Waals surface area contributed by atoms with Gasteiger partial charge in [0.05, 0.1) is 13.7 Å². The number of carbonyl (C=O) groups is 1. The molecule has 1 aromatic heterocycles. The highest BCUT2D eigenvalue weighted by atomic mass is 35.5. The lowest BCUT2D eigenvalue weighted by Crippen LogP contribution is -2.26. The fourth-order valence-corrected chi connectivity index (χ4v) is 3.08. The van der Waals surface area contributed by atoms with Crippen LogP contribution in [0.1, 0.15) is 23.4 Å². The third-order valence-corrected chi connectivity index (χ3v) is 4.67. The number of hydrogen-bond donors (Lipinski definition) is 0. The van der Waals surface area contributed by atoms with Gasteiger partial charge in [-0.3, -0.25) is 4.79 Å². The molecule has 0 saturated carbocycles. The van der Waals surface area contributed by atoms with E-state index in [0.29, 0.717) is 29.6 Å². The predicted octanol–water partition coefficient (Wildman–Crippen LogP) is 4.30. The van der Waals surface area contributed by atoms with Crippen molar-refractivity contribution in [2.75, 3.05) is 14.2 Å². The van der Waals surface area contributed by atoms with Crippen LogP contribution in [-0.4, -0.2) is 35.1 Å². The summed E-state index contributed by atoms with van der Waals surface area (Å²) in [6, 6.07) is 13.2. The normalized spacial score (nSPS) is 10.7. The quantitative estimate of drug-likeness (QED) is 0.592. The van der Waals surface area contributed by atoms with Crippen molar-refractivity contribution in [3.8, 4) is 17.1 Å². The van der Waals surface area contributed by atoms with Crippen LogP contribution in [0, 0.1) is 6.92 Å². The van der Waals surface area contributed by atoms with Crippen LogP contribution in [-0.2, 0) is 17.8 Å². The molecule has 1 amide bonds. The topological polar surface area (TPSA) is 68.5 Å². The zero-order chi connectivity index (χ0) is 20.1. The summed E-state index contributed by atoms with van der Waals surface area (Å²) in [5, 5.41) is 4.57. The van der Waals surface area contributed by atoms with Gasteiger partial charge in [-0.25, -0.2) is 0 Å². The summed E-state index contributed by atoms with van der Waals surface area (Å²) >= 11 is 5.99. The van der Waals surface area contributed by atoms with Crippen LogP contribution in [0.4, 0.5) is 0 Å². The Bertz CT molecular complexity index is 971. The molecule has 0 N–H and O–H groups in total. The van der Waals surface area contributed by atoms with Gasteiger partial charge >= 0.3 is 0 Å². The Balaban J connectivity index is 1.56. The minimum Gasteiger partial charge on any atom is -0.496 e. The summed E-state index contributed by atoms with van der Waals surface area (Å²) in [5.74, 6) is 1.69. The molecule has 0 unspecified atom stereocenters. The second-order valence-electron chi connectivity index (χ2n) is 6.58. The maximum absolute atomic E-state index is 12.4. The number of benzene rings is 2. The maximum atomic E-state index is 12.4. The Labute approximate surface area is 169 Å². The second kappa shape index (κ2) is 8.89. The van der Waals surface area contributed by atoms with Crippen molar-refractivity contribution >= 4 is 17.5 Å². The fraction of sp³-hybridized carbons (Fsp3) is 0.286. The molecule has 0 radical (unpaired) electrons. The van der Waals surface area contributed by atoms with Crippen molar-refractivity contribution in [1.29, 1.82) is 0 Å². The van der Waals surface area contributed by atoms with E-state index in [2.05, 4.69) is 10.1 Å². The van der Waals surface area contributed by atoms with Gasteiger partial charge in [-0.2, -0.15) is 4.98 Å². The van der Waals surface area contributed by atoms with Crippen molar-refractivity contribution in [1.82, 2.24) is 15.0 Å². The third-order valence-electron chi connectivity index (χ3n) is 4.44. The van der Waals surface area contributed by atoms with Gasteiger partial charge in [0.2, 0.25) is 17.6 Å². The van der Waals surface area contributed by atoms with E-state index in [4.69, 9.17) is 20.9 Å². The van der Waals surface area contributed by atoms with Crippen molar-refractivity contribution in [2.45, 2.75) is 26.3 Å². The summed E-state index contributed by atoms with van der Waals surface area (Å²) in [4.78, 5) is 18.4. The van der Waals surface area contributed by atoms with Crippen LogP contribution in [0.15, 0.2) is 47.0 Å². The SMILES string of the molecule is COc1ccc(CCC(=O)N(C)Cc2nc(-c3cccc(Cl)c3)no2)cc1C. The maximum Gasteiger partial charge on any atom is 0.246 e. The van der Waals surface area contributed by atoms with Crippen molar-refractivity contribution < 1.29 is 14.1 Å². The van der Waals surface area contributed by atoms with Gasteiger partial charge in [0.1, 0.15) is 5.75 Å². The van der Waals surface area contributed by atoms with E-state index in [9.17, 15) is 4.79 Å². The Hall–Kier alpha value is -2.86. The first kappa shape index (κ1) is 19.9. The van der Waals surface area contributed by atoms with Gasteiger partial charge in [0.25, 0.3) is 0 Å². The van der Waals surface area contributed by atoms with Gasteiger partial charge < -0.3 is 14.2 Å². The molecule has 6 nitrogen and oxygen atoms in total. The van der Waals surface area contributed by atoms with Gasteiger partial charge in [0.15, 0.2) is 0 Å². The average molecular weight is 400 g/mol. The molecular weight excluding hydrogens is 378 g/mol. The number of methoxy groups -OCH3 is 1. The molecule has 0 saturated heterocycles. The lowest BCUT2D eigenvalue weighted by atomic mass is 10.1. The molecule has 0 atom stereocenters. The number of aryl methyl sites for hydroxylation is 2. The van der Waals surface area contributed by atoms with Crippen LogP contribution in [0.25, 0.3) is 11.4 Å². The van der Waals surface area contributed by atoms with Crippen molar-refractivity contribution in [2.24, 2.45) is 0 Å². The van der Waals surface area contributed by atoms with Gasteiger partial charge in [-0.05, 0) is 42.7 Å². The molecule has 28 heavy (non-hydrogen) atoms. The molecule has 146 valence electrons. The van der Waals surface area contributed by atoms with E-state index >= 15 is 0 Å². The zero-order valence-corrected chi connectivity index (χ0v) is 16.9. The molecule has 3 aromatic rings. The molecule has 1 heterocycles. The highest BCUT2D eigenvalue weighted by Crippen LogP contribution is 2.21.